The Morgan fingerprint density at radius 1 is 1.14 bits per heavy atom. The van der Waals surface area contributed by atoms with Gasteiger partial charge in [-0.25, -0.2) is 4.79 Å². The zero-order chi connectivity index (χ0) is 20.5. The Labute approximate surface area is 175 Å². The largest absolute Gasteiger partial charge is 0.442 e. The summed E-state index contributed by atoms with van der Waals surface area (Å²) in [4.78, 5) is 39.9. The normalized spacial score (nSPS) is 20.7. The fraction of sp³-hybridized carbons (Fsp3) is 0.316. The van der Waals surface area contributed by atoms with Crippen LogP contribution in [0.15, 0.2) is 36.4 Å². The molecule has 1 aromatic carbocycles. The first-order chi connectivity index (χ1) is 13.9. The van der Waals surface area contributed by atoms with E-state index in [1.54, 1.807) is 41.3 Å². The maximum atomic E-state index is 12.4. The summed E-state index contributed by atoms with van der Waals surface area (Å²) in [6, 6.07) is 10.4. The zero-order valence-electron chi connectivity index (χ0n) is 15.2. The lowest BCUT2D eigenvalue weighted by Gasteiger charge is -2.27. The van der Waals surface area contributed by atoms with Crippen molar-refractivity contribution in [2.24, 2.45) is 5.73 Å². The highest BCUT2D eigenvalue weighted by atomic mass is 35.5. The van der Waals surface area contributed by atoms with Crippen LogP contribution >= 0.6 is 22.9 Å². The van der Waals surface area contributed by atoms with E-state index < -0.39 is 23.5 Å². The Bertz CT molecular complexity index is 948. The van der Waals surface area contributed by atoms with Gasteiger partial charge in [0.2, 0.25) is 0 Å². The highest BCUT2D eigenvalue weighted by Gasteiger charge is 2.38. The summed E-state index contributed by atoms with van der Waals surface area (Å²) in [5, 5.41) is -0.590. The summed E-state index contributed by atoms with van der Waals surface area (Å²) in [5.74, 6) is -0.616. The van der Waals surface area contributed by atoms with E-state index in [9.17, 15) is 14.4 Å². The van der Waals surface area contributed by atoms with Crippen LogP contribution in [-0.2, 0) is 14.3 Å². The molecule has 0 aliphatic carbocycles. The summed E-state index contributed by atoms with van der Waals surface area (Å²) >= 11 is 7.68. The van der Waals surface area contributed by atoms with Gasteiger partial charge >= 0.3 is 6.09 Å². The molecule has 2 aliphatic rings. The molecule has 2 N–H and O–H groups in total. The van der Waals surface area contributed by atoms with Gasteiger partial charge < -0.3 is 20.1 Å². The number of hydrogen-bond acceptors (Lipinski definition) is 6. The molecule has 0 saturated carbocycles. The van der Waals surface area contributed by atoms with Crippen molar-refractivity contribution in [3.05, 3.63) is 46.2 Å². The Morgan fingerprint density at radius 2 is 1.83 bits per heavy atom. The molecule has 2 atom stereocenters. The number of carbonyl (C=O) groups is 3. The topological polar surface area (TPSA) is 102 Å². The summed E-state index contributed by atoms with van der Waals surface area (Å²) in [6.07, 6.45) is -1.06. The van der Waals surface area contributed by atoms with Crippen molar-refractivity contribution in [2.75, 3.05) is 36.1 Å². The van der Waals surface area contributed by atoms with Crippen LogP contribution in [0.4, 0.5) is 16.2 Å². The number of morpholine rings is 1. The van der Waals surface area contributed by atoms with Crippen LogP contribution < -0.4 is 15.5 Å². The van der Waals surface area contributed by atoms with Crippen LogP contribution in [0.25, 0.3) is 0 Å². The number of cyclic esters (lactones) is 1. The number of thiophene rings is 1. The first-order valence-corrected chi connectivity index (χ1v) is 10.2. The molecule has 2 aromatic rings. The lowest BCUT2D eigenvalue weighted by Crippen LogP contribution is -2.41. The Morgan fingerprint density at radius 3 is 2.45 bits per heavy atom. The number of alkyl halides is 1. The van der Waals surface area contributed by atoms with E-state index in [2.05, 4.69) is 0 Å². The number of nitrogens with two attached hydrogens (primary N) is 1. The van der Waals surface area contributed by atoms with E-state index in [0.717, 1.165) is 5.69 Å². The van der Waals surface area contributed by atoms with Gasteiger partial charge in [-0.1, -0.05) is 0 Å². The molecular formula is C19H18ClN3O5S. The number of rotatable bonds is 5. The minimum Gasteiger partial charge on any atom is -0.442 e. The predicted molar refractivity (Wildman–Crippen MR) is 109 cm³/mol. The third kappa shape index (κ3) is 3.93. The molecule has 4 rings (SSSR count). The van der Waals surface area contributed by atoms with E-state index >= 15 is 0 Å². The number of benzene rings is 1. The number of amides is 3. The van der Waals surface area contributed by atoms with Gasteiger partial charge in [0.1, 0.15) is 18.1 Å². The van der Waals surface area contributed by atoms with Crippen molar-refractivity contribution in [1.29, 1.82) is 0 Å². The van der Waals surface area contributed by atoms with Crippen LogP contribution in [0.3, 0.4) is 0 Å². The van der Waals surface area contributed by atoms with Gasteiger partial charge in [0.15, 0.2) is 0 Å². The van der Waals surface area contributed by atoms with Crippen LogP contribution in [0.5, 0.6) is 0 Å². The minimum absolute atomic E-state index is 0.0686. The Kier molecular flexibility index (Phi) is 5.44. The summed E-state index contributed by atoms with van der Waals surface area (Å²) in [7, 11) is 0. The average Bonchev–Trinajstić information content (AvgIpc) is 3.35. The van der Waals surface area contributed by atoms with E-state index in [4.69, 9.17) is 26.8 Å². The lowest BCUT2D eigenvalue weighted by atomic mass is 10.2. The fourth-order valence-electron chi connectivity index (χ4n) is 3.27. The third-order valence-electron chi connectivity index (χ3n) is 4.76. The van der Waals surface area contributed by atoms with Crippen molar-refractivity contribution in [1.82, 2.24) is 0 Å². The van der Waals surface area contributed by atoms with E-state index in [-0.39, 0.29) is 19.1 Å². The van der Waals surface area contributed by atoms with Crippen molar-refractivity contribution in [3.8, 4) is 0 Å². The molecule has 0 radical (unpaired) electrons. The minimum atomic E-state index is -0.590. The van der Waals surface area contributed by atoms with E-state index in [0.29, 0.717) is 28.6 Å². The van der Waals surface area contributed by atoms with Crippen molar-refractivity contribution in [2.45, 2.75) is 11.5 Å². The number of anilines is 2. The molecule has 1 unspecified atom stereocenters. The molecule has 8 nitrogen and oxygen atoms in total. The highest BCUT2D eigenvalue weighted by Crippen LogP contribution is 2.36. The maximum Gasteiger partial charge on any atom is 0.414 e. The average molecular weight is 436 g/mol. The third-order valence-corrected chi connectivity index (χ3v) is 6.59. The number of halogens is 1. The molecule has 29 heavy (non-hydrogen) atoms. The molecular weight excluding hydrogens is 418 g/mol. The standard InChI is InChI=1S/C19H18ClN3O5S/c20-17(14-5-6-15(29-14)18(21)25)13-9-23(19(26)28-13)12-3-1-11(2-4-12)22-7-8-27-10-16(22)24/h1-6,13,17H,7-10H2,(H2,21,25)/t13-,17?/m0/s1. The lowest BCUT2D eigenvalue weighted by molar-refractivity contribution is -0.125. The van der Waals surface area contributed by atoms with Gasteiger partial charge in [0.25, 0.3) is 11.8 Å². The summed E-state index contributed by atoms with van der Waals surface area (Å²) < 4.78 is 10.6. The van der Waals surface area contributed by atoms with Crippen LogP contribution in [0.2, 0.25) is 0 Å². The van der Waals surface area contributed by atoms with Gasteiger partial charge in [0, 0.05) is 22.8 Å². The van der Waals surface area contributed by atoms with Crippen LogP contribution in [0.1, 0.15) is 19.9 Å². The fourth-order valence-corrected chi connectivity index (χ4v) is 4.50. The van der Waals surface area contributed by atoms with Crippen LogP contribution in [-0.4, -0.2) is 50.3 Å². The molecule has 2 fully saturated rings. The highest BCUT2D eigenvalue weighted by molar-refractivity contribution is 7.14. The van der Waals surface area contributed by atoms with Crippen molar-refractivity contribution >= 4 is 52.2 Å². The Balaban J connectivity index is 1.46. The molecule has 3 heterocycles. The predicted octanol–water partition coefficient (Wildman–Crippen LogP) is 2.52. The summed E-state index contributed by atoms with van der Waals surface area (Å²) in [5.41, 5.74) is 6.68. The van der Waals surface area contributed by atoms with Crippen LogP contribution in [0, 0.1) is 0 Å². The van der Waals surface area contributed by atoms with Crippen molar-refractivity contribution < 1.29 is 23.9 Å². The van der Waals surface area contributed by atoms with E-state index in [1.165, 1.54) is 16.2 Å². The van der Waals surface area contributed by atoms with E-state index in [1.807, 2.05) is 0 Å². The maximum absolute atomic E-state index is 12.4. The molecule has 2 saturated heterocycles. The monoisotopic (exact) mass is 435 g/mol. The molecule has 152 valence electrons. The summed E-state index contributed by atoms with van der Waals surface area (Å²) in [6.45, 7) is 1.32. The second kappa shape index (κ2) is 8.02. The molecule has 3 amide bonds. The number of primary amides is 1. The first-order valence-electron chi connectivity index (χ1n) is 8.94. The molecule has 0 spiro atoms. The molecule has 0 bridgehead atoms. The quantitative estimate of drug-likeness (QED) is 0.727. The zero-order valence-corrected chi connectivity index (χ0v) is 16.8. The Hall–Kier alpha value is -2.62. The number of nitrogens with zero attached hydrogens (tertiary/aromatic N) is 2. The number of hydrogen-bond donors (Lipinski definition) is 1. The van der Waals surface area contributed by atoms with Gasteiger partial charge in [-0.05, 0) is 36.4 Å². The molecule has 10 heteroatoms. The number of carbonyl (C=O) groups excluding carboxylic acids is 3. The van der Waals surface area contributed by atoms with Crippen molar-refractivity contribution in [3.63, 3.8) is 0 Å². The number of ether oxygens (including phenoxy) is 2. The van der Waals surface area contributed by atoms with Gasteiger partial charge in [-0.15, -0.1) is 22.9 Å². The second-order valence-electron chi connectivity index (χ2n) is 6.62. The molecule has 2 aliphatic heterocycles. The smallest absolute Gasteiger partial charge is 0.414 e. The van der Waals surface area contributed by atoms with Gasteiger partial charge in [-0.2, -0.15) is 0 Å². The second-order valence-corrected chi connectivity index (χ2v) is 8.20. The molecule has 1 aromatic heterocycles. The van der Waals surface area contributed by atoms with Gasteiger partial charge in [0.05, 0.1) is 18.0 Å². The van der Waals surface area contributed by atoms with Gasteiger partial charge in [-0.3, -0.25) is 14.5 Å². The first kappa shape index (κ1) is 19.7. The SMILES string of the molecule is NC(=O)c1ccc(C(Cl)[C@@H]2CN(c3ccc(N4CCOCC4=O)cc3)C(=O)O2)s1.